The average Bonchev–Trinajstić information content (AvgIpc) is 2.95. The molecule has 4 nitrogen and oxygen atoms in total. The summed E-state index contributed by atoms with van der Waals surface area (Å²) in [6.07, 6.45) is 1.93. The Morgan fingerprint density at radius 3 is 2.00 bits per heavy atom. The molecule has 0 atom stereocenters. The van der Waals surface area contributed by atoms with Gasteiger partial charge >= 0.3 is 0 Å². The molecule has 0 radical (unpaired) electrons. The van der Waals surface area contributed by atoms with Gasteiger partial charge in [0.1, 0.15) is 0 Å². The first-order valence-electron chi connectivity index (χ1n) is 7.01. The van der Waals surface area contributed by atoms with Gasteiger partial charge in [0.2, 0.25) is 0 Å². The van der Waals surface area contributed by atoms with Gasteiger partial charge in [0.05, 0.1) is 11.7 Å². The maximum atomic E-state index is 4.13. The van der Waals surface area contributed by atoms with Crippen LogP contribution in [0.25, 0.3) is 0 Å². The fraction of sp³-hybridized carbons (Fsp3) is 0.176. The highest BCUT2D eigenvalue weighted by atomic mass is 15.4. The Morgan fingerprint density at radius 1 is 0.952 bits per heavy atom. The first-order valence-corrected chi connectivity index (χ1v) is 7.01. The number of hydrogen-bond donors (Lipinski definition) is 1. The molecule has 0 spiro atoms. The molecule has 0 amide bonds. The molecule has 3 aromatic rings. The third-order valence-electron chi connectivity index (χ3n) is 3.40. The summed E-state index contributed by atoms with van der Waals surface area (Å²) in [4.78, 5) is 0. The van der Waals surface area contributed by atoms with Crippen LogP contribution in [0.1, 0.15) is 22.9 Å². The second-order valence-corrected chi connectivity index (χ2v) is 5.02. The van der Waals surface area contributed by atoms with E-state index in [-0.39, 0.29) is 6.04 Å². The number of rotatable bonds is 5. The lowest BCUT2D eigenvalue weighted by atomic mass is 9.99. The van der Waals surface area contributed by atoms with Gasteiger partial charge < -0.3 is 5.32 Å². The maximum Gasteiger partial charge on any atom is 0.0965 e. The largest absolute Gasteiger partial charge is 0.300 e. The van der Waals surface area contributed by atoms with Crippen molar-refractivity contribution in [3.05, 3.63) is 83.7 Å². The second kappa shape index (κ2) is 6.33. The van der Waals surface area contributed by atoms with Crippen molar-refractivity contribution in [2.24, 2.45) is 7.05 Å². The highest BCUT2D eigenvalue weighted by Gasteiger charge is 2.13. The summed E-state index contributed by atoms with van der Waals surface area (Å²) in [5, 5.41) is 11.7. The van der Waals surface area contributed by atoms with Gasteiger partial charge in [-0.05, 0) is 11.1 Å². The summed E-state index contributed by atoms with van der Waals surface area (Å²) in [5.74, 6) is 0. The van der Waals surface area contributed by atoms with Gasteiger partial charge in [0, 0.05) is 19.8 Å². The SMILES string of the molecule is Cn1cc(CNC(c2ccccc2)c2ccccc2)nn1. The van der Waals surface area contributed by atoms with Gasteiger partial charge in [-0.1, -0.05) is 65.9 Å². The summed E-state index contributed by atoms with van der Waals surface area (Å²) in [6.45, 7) is 0.683. The Hall–Kier alpha value is -2.46. The monoisotopic (exact) mass is 278 g/mol. The number of benzene rings is 2. The van der Waals surface area contributed by atoms with Crippen LogP contribution in [0.3, 0.4) is 0 Å². The maximum absolute atomic E-state index is 4.13. The zero-order valence-electron chi connectivity index (χ0n) is 12.0. The lowest BCUT2D eigenvalue weighted by molar-refractivity contribution is 0.596. The molecule has 0 aliphatic rings. The number of nitrogens with zero attached hydrogens (tertiary/aromatic N) is 3. The molecule has 106 valence electrons. The number of aryl methyl sites for hydroxylation is 1. The smallest absolute Gasteiger partial charge is 0.0965 e. The number of nitrogens with one attached hydrogen (secondary N) is 1. The Morgan fingerprint density at radius 2 is 1.52 bits per heavy atom. The van der Waals surface area contributed by atoms with Crippen molar-refractivity contribution in [3.8, 4) is 0 Å². The molecule has 1 heterocycles. The van der Waals surface area contributed by atoms with Crippen molar-refractivity contribution < 1.29 is 0 Å². The molecule has 1 N–H and O–H groups in total. The van der Waals surface area contributed by atoms with E-state index < -0.39 is 0 Å². The molecular weight excluding hydrogens is 260 g/mol. The number of hydrogen-bond acceptors (Lipinski definition) is 3. The van der Waals surface area contributed by atoms with Gasteiger partial charge in [-0.25, -0.2) is 0 Å². The molecule has 0 aliphatic carbocycles. The minimum absolute atomic E-state index is 0.148. The predicted molar refractivity (Wildman–Crippen MR) is 82.6 cm³/mol. The van der Waals surface area contributed by atoms with Crippen molar-refractivity contribution in [2.45, 2.75) is 12.6 Å². The Kier molecular flexibility index (Phi) is 4.07. The summed E-state index contributed by atoms with van der Waals surface area (Å²) in [6, 6.07) is 21.0. The molecule has 1 aromatic heterocycles. The molecule has 0 bridgehead atoms. The third-order valence-corrected chi connectivity index (χ3v) is 3.40. The molecule has 2 aromatic carbocycles. The van der Waals surface area contributed by atoms with Crippen LogP contribution in [-0.4, -0.2) is 15.0 Å². The molecule has 0 unspecified atom stereocenters. The van der Waals surface area contributed by atoms with Crippen LogP contribution < -0.4 is 5.32 Å². The molecule has 4 heteroatoms. The first-order chi connectivity index (χ1) is 10.3. The fourth-order valence-corrected chi connectivity index (χ4v) is 2.40. The van der Waals surface area contributed by atoms with Crippen molar-refractivity contribution in [2.75, 3.05) is 0 Å². The van der Waals surface area contributed by atoms with Gasteiger partial charge in [-0.3, -0.25) is 4.68 Å². The Bertz CT molecular complexity index is 637. The second-order valence-electron chi connectivity index (χ2n) is 5.02. The lowest BCUT2D eigenvalue weighted by Crippen LogP contribution is -2.22. The standard InChI is InChI=1S/C17H18N4/c1-21-13-16(19-20-21)12-18-17(14-8-4-2-5-9-14)15-10-6-3-7-11-15/h2-11,13,17-18H,12H2,1H3. The van der Waals surface area contributed by atoms with Crippen LogP contribution in [-0.2, 0) is 13.6 Å². The van der Waals surface area contributed by atoms with Crippen LogP contribution >= 0.6 is 0 Å². The van der Waals surface area contributed by atoms with E-state index in [0.29, 0.717) is 6.54 Å². The highest BCUT2D eigenvalue weighted by Crippen LogP contribution is 2.21. The summed E-state index contributed by atoms with van der Waals surface area (Å²) < 4.78 is 1.72. The zero-order chi connectivity index (χ0) is 14.5. The minimum Gasteiger partial charge on any atom is -0.300 e. The zero-order valence-corrected chi connectivity index (χ0v) is 12.0. The summed E-state index contributed by atoms with van der Waals surface area (Å²) in [7, 11) is 1.88. The van der Waals surface area contributed by atoms with Gasteiger partial charge in [0.15, 0.2) is 0 Å². The van der Waals surface area contributed by atoms with Crippen LogP contribution in [0.4, 0.5) is 0 Å². The molecule has 3 rings (SSSR count). The third kappa shape index (κ3) is 3.35. The van der Waals surface area contributed by atoms with Crippen molar-refractivity contribution in [1.29, 1.82) is 0 Å². The van der Waals surface area contributed by atoms with Crippen LogP contribution in [0.2, 0.25) is 0 Å². The van der Waals surface area contributed by atoms with E-state index in [1.807, 2.05) is 25.4 Å². The molecule has 0 fully saturated rings. The van der Waals surface area contributed by atoms with Crippen molar-refractivity contribution in [1.82, 2.24) is 20.3 Å². The van der Waals surface area contributed by atoms with Gasteiger partial charge in [-0.15, -0.1) is 5.10 Å². The van der Waals surface area contributed by atoms with Crippen LogP contribution in [0.5, 0.6) is 0 Å². The topological polar surface area (TPSA) is 42.7 Å². The summed E-state index contributed by atoms with van der Waals surface area (Å²) in [5.41, 5.74) is 3.43. The van der Waals surface area contributed by atoms with Crippen molar-refractivity contribution in [3.63, 3.8) is 0 Å². The van der Waals surface area contributed by atoms with E-state index >= 15 is 0 Å². The number of aromatic nitrogens is 3. The van der Waals surface area contributed by atoms with E-state index in [4.69, 9.17) is 0 Å². The molecule has 0 aliphatic heterocycles. The van der Waals surface area contributed by atoms with E-state index in [0.717, 1.165) is 5.69 Å². The molecule has 0 saturated carbocycles. The van der Waals surface area contributed by atoms with E-state index in [9.17, 15) is 0 Å². The minimum atomic E-state index is 0.148. The lowest BCUT2D eigenvalue weighted by Gasteiger charge is -2.19. The van der Waals surface area contributed by atoms with Gasteiger partial charge in [0.25, 0.3) is 0 Å². The molecule has 21 heavy (non-hydrogen) atoms. The van der Waals surface area contributed by atoms with Crippen LogP contribution in [0, 0.1) is 0 Å². The average molecular weight is 278 g/mol. The fourth-order valence-electron chi connectivity index (χ4n) is 2.40. The molecule has 0 saturated heterocycles. The first kappa shape index (κ1) is 13.5. The van der Waals surface area contributed by atoms with Crippen LogP contribution in [0.15, 0.2) is 66.9 Å². The molecular formula is C17H18N4. The van der Waals surface area contributed by atoms with Crippen molar-refractivity contribution >= 4 is 0 Å². The normalized spacial score (nSPS) is 11.0. The Labute approximate surface area is 124 Å². The van der Waals surface area contributed by atoms with E-state index in [2.05, 4.69) is 64.2 Å². The summed E-state index contributed by atoms with van der Waals surface area (Å²) >= 11 is 0. The van der Waals surface area contributed by atoms with E-state index in [1.54, 1.807) is 4.68 Å². The predicted octanol–water partition coefficient (Wildman–Crippen LogP) is 2.69. The Balaban J connectivity index is 1.83. The highest BCUT2D eigenvalue weighted by molar-refractivity contribution is 5.31. The van der Waals surface area contributed by atoms with E-state index in [1.165, 1.54) is 11.1 Å². The quantitative estimate of drug-likeness (QED) is 0.780. The van der Waals surface area contributed by atoms with Gasteiger partial charge in [-0.2, -0.15) is 0 Å².